The molecule has 22 heavy (non-hydrogen) atoms. The molecule has 2 aromatic carbocycles. The highest BCUT2D eigenvalue weighted by atomic mass is 16.7. The minimum Gasteiger partial charge on any atom is -0.459 e. The molecular weight excluding hydrogens is 278 g/mol. The van der Waals surface area contributed by atoms with Crippen molar-refractivity contribution in [2.24, 2.45) is 0 Å². The van der Waals surface area contributed by atoms with Crippen LogP contribution >= 0.6 is 0 Å². The lowest BCUT2D eigenvalue weighted by atomic mass is 10.0. The molecule has 0 aromatic heterocycles. The van der Waals surface area contributed by atoms with E-state index >= 15 is 0 Å². The summed E-state index contributed by atoms with van der Waals surface area (Å²) in [5, 5.41) is 1.84. The number of carbonyl (C=O) groups is 1. The summed E-state index contributed by atoms with van der Waals surface area (Å²) in [7, 11) is 1.91. The van der Waals surface area contributed by atoms with Crippen molar-refractivity contribution in [3.05, 3.63) is 71.8 Å². The van der Waals surface area contributed by atoms with Crippen LogP contribution in [0.25, 0.3) is 0 Å². The van der Waals surface area contributed by atoms with Gasteiger partial charge >= 0.3 is 5.97 Å². The summed E-state index contributed by atoms with van der Waals surface area (Å²) < 4.78 is 5.35. The number of rotatable bonds is 4. The van der Waals surface area contributed by atoms with Crippen LogP contribution in [0.1, 0.15) is 28.4 Å². The van der Waals surface area contributed by atoms with E-state index in [1.54, 1.807) is 12.1 Å². The highest BCUT2D eigenvalue weighted by Gasteiger charge is 2.32. The van der Waals surface area contributed by atoms with Gasteiger partial charge in [-0.2, -0.15) is 5.06 Å². The molecule has 0 N–H and O–H groups in total. The number of esters is 1. The van der Waals surface area contributed by atoms with Gasteiger partial charge in [0.1, 0.15) is 12.7 Å². The molecule has 1 fully saturated rings. The summed E-state index contributed by atoms with van der Waals surface area (Å²) >= 11 is 0. The molecular formula is C18H19NO3. The van der Waals surface area contributed by atoms with Crippen LogP contribution in [0.4, 0.5) is 0 Å². The second-order valence-electron chi connectivity index (χ2n) is 5.40. The fraction of sp³-hybridized carbons (Fsp3) is 0.278. The second-order valence-corrected chi connectivity index (χ2v) is 5.40. The zero-order valence-electron chi connectivity index (χ0n) is 12.5. The smallest absolute Gasteiger partial charge is 0.338 e. The van der Waals surface area contributed by atoms with Gasteiger partial charge in [0.05, 0.1) is 11.6 Å². The number of ether oxygens (including phenoxy) is 1. The number of hydroxylamine groups is 2. The molecule has 0 bridgehead atoms. The number of benzene rings is 2. The third-order valence-corrected chi connectivity index (χ3v) is 3.83. The van der Waals surface area contributed by atoms with Gasteiger partial charge in [0.15, 0.2) is 0 Å². The van der Waals surface area contributed by atoms with E-state index in [0.29, 0.717) is 5.56 Å². The Labute approximate surface area is 130 Å². The van der Waals surface area contributed by atoms with Crippen molar-refractivity contribution in [3.8, 4) is 0 Å². The van der Waals surface area contributed by atoms with Crippen LogP contribution in [-0.2, 0) is 9.57 Å². The number of nitrogens with zero attached hydrogens (tertiary/aromatic N) is 1. The number of hydrogen-bond acceptors (Lipinski definition) is 4. The molecule has 1 saturated heterocycles. The molecule has 1 aliphatic rings. The molecule has 4 nitrogen and oxygen atoms in total. The van der Waals surface area contributed by atoms with Crippen molar-refractivity contribution in [1.82, 2.24) is 5.06 Å². The first-order valence-corrected chi connectivity index (χ1v) is 7.41. The Kier molecular flexibility index (Phi) is 4.51. The van der Waals surface area contributed by atoms with E-state index in [1.165, 1.54) is 5.56 Å². The summed E-state index contributed by atoms with van der Waals surface area (Å²) in [5.41, 5.74) is 1.77. The lowest BCUT2D eigenvalue weighted by molar-refractivity contribution is -0.153. The van der Waals surface area contributed by atoms with Crippen LogP contribution in [0.15, 0.2) is 60.7 Å². The molecule has 114 valence electrons. The average molecular weight is 297 g/mol. The first-order valence-electron chi connectivity index (χ1n) is 7.41. The highest BCUT2D eigenvalue weighted by Crippen LogP contribution is 2.32. The standard InChI is InChI=1S/C18H19NO3/c1-19-17(14-8-4-2-5-9-14)12-16(22-19)13-21-18(20)15-10-6-3-7-11-15/h2-11,16-17H,12-13H2,1H3/t16-,17+/m1/s1. The Morgan fingerprint density at radius 3 is 2.45 bits per heavy atom. The molecule has 0 radical (unpaired) electrons. The van der Waals surface area contributed by atoms with Gasteiger partial charge in [-0.15, -0.1) is 0 Å². The summed E-state index contributed by atoms with van der Waals surface area (Å²) in [4.78, 5) is 17.7. The lowest BCUT2D eigenvalue weighted by Gasteiger charge is -2.17. The molecule has 3 rings (SSSR count). The van der Waals surface area contributed by atoms with E-state index in [-0.39, 0.29) is 24.7 Å². The van der Waals surface area contributed by atoms with Gasteiger partial charge in [-0.25, -0.2) is 4.79 Å². The monoisotopic (exact) mass is 297 g/mol. The quantitative estimate of drug-likeness (QED) is 0.812. The van der Waals surface area contributed by atoms with Gasteiger partial charge < -0.3 is 4.74 Å². The molecule has 0 spiro atoms. The van der Waals surface area contributed by atoms with E-state index in [1.807, 2.05) is 48.5 Å². The molecule has 0 amide bonds. The normalized spacial score (nSPS) is 21.7. The molecule has 1 aliphatic heterocycles. The van der Waals surface area contributed by atoms with Crippen molar-refractivity contribution < 1.29 is 14.4 Å². The van der Waals surface area contributed by atoms with E-state index in [2.05, 4.69) is 12.1 Å². The topological polar surface area (TPSA) is 38.8 Å². The van der Waals surface area contributed by atoms with E-state index in [0.717, 1.165) is 6.42 Å². The fourth-order valence-corrected chi connectivity index (χ4v) is 2.69. The third kappa shape index (κ3) is 3.35. The zero-order chi connectivity index (χ0) is 15.4. The van der Waals surface area contributed by atoms with Crippen molar-refractivity contribution in [2.45, 2.75) is 18.6 Å². The summed E-state index contributed by atoms with van der Waals surface area (Å²) in [6.07, 6.45) is 0.700. The first-order chi connectivity index (χ1) is 10.7. The van der Waals surface area contributed by atoms with E-state index in [4.69, 9.17) is 9.57 Å². The zero-order valence-corrected chi connectivity index (χ0v) is 12.5. The van der Waals surface area contributed by atoms with Crippen LogP contribution in [0.3, 0.4) is 0 Å². The van der Waals surface area contributed by atoms with Crippen molar-refractivity contribution in [2.75, 3.05) is 13.7 Å². The Morgan fingerprint density at radius 1 is 1.14 bits per heavy atom. The molecule has 0 aliphatic carbocycles. The minimum absolute atomic E-state index is 0.108. The Bertz CT molecular complexity index is 615. The molecule has 2 atom stereocenters. The number of carbonyl (C=O) groups excluding carboxylic acids is 1. The van der Waals surface area contributed by atoms with Gasteiger partial charge in [-0.1, -0.05) is 48.5 Å². The third-order valence-electron chi connectivity index (χ3n) is 3.83. The van der Waals surface area contributed by atoms with E-state index < -0.39 is 0 Å². The van der Waals surface area contributed by atoms with Gasteiger partial charge in [0.25, 0.3) is 0 Å². The molecule has 4 heteroatoms. The van der Waals surface area contributed by atoms with Crippen molar-refractivity contribution in [1.29, 1.82) is 0 Å². The average Bonchev–Trinajstić information content (AvgIpc) is 2.95. The molecule has 1 heterocycles. The predicted molar refractivity (Wildman–Crippen MR) is 83.2 cm³/mol. The van der Waals surface area contributed by atoms with Gasteiger partial charge in [-0.05, 0) is 17.7 Å². The maximum atomic E-state index is 11.9. The first kappa shape index (κ1) is 14.8. The highest BCUT2D eigenvalue weighted by molar-refractivity contribution is 5.89. The van der Waals surface area contributed by atoms with Crippen LogP contribution in [0, 0.1) is 0 Å². The second kappa shape index (κ2) is 6.73. The van der Waals surface area contributed by atoms with Crippen LogP contribution in [-0.4, -0.2) is 30.8 Å². The minimum atomic E-state index is -0.310. The van der Waals surface area contributed by atoms with E-state index in [9.17, 15) is 4.79 Å². The van der Waals surface area contributed by atoms with Crippen LogP contribution in [0.2, 0.25) is 0 Å². The van der Waals surface area contributed by atoms with Crippen LogP contribution in [0.5, 0.6) is 0 Å². The fourth-order valence-electron chi connectivity index (χ4n) is 2.69. The number of hydrogen-bond donors (Lipinski definition) is 0. The molecule has 0 unspecified atom stereocenters. The largest absolute Gasteiger partial charge is 0.459 e. The molecule has 0 saturated carbocycles. The van der Waals surface area contributed by atoms with Crippen molar-refractivity contribution in [3.63, 3.8) is 0 Å². The summed E-state index contributed by atoms with van der Waals surface area (Å²) in [6.45, 7) is 0.265. The Morgan fingerprint density at radius 2 is 1.77 bits per heavy atom. The summed E-state index contributed by atoms with van der Waals surface area (Å²) in [5.74, 6) is -0.310. The maximum Gasteiger partial charge on any atom is 0.338 e. The predicted octanol–water partition coefficient (Wildman–Crippen LogP) is 3.22. The van der Waals surface area contributed by atoms with Gasteiger partial charge in [0, 0.05) is 13.5 Å². The maximum absolute atomic E-state index is 11.9. The SMILES string of the molecule is CN1O[C@@H](COC(=O)c2ccccc2)C[C@H]1c1ccccc1. The molecule has 2 aromatic rings. The van der Waals surface area contributed by atoms with Gasteiger partial charge in [0.2, 0.25) is 0 Å². The van der Waals surface area contributed by atoms with Crippen molar-refractivity contribution >= 4 is 5.97 Å². The van der Waals surface area contributed by atoms with Gasteiger partial charge in [-0.3, -0.25) is 4.84 Å². The Hall–Kier alpha value is -2.17. The lowest BCUT2D eigenvalue weighted by Crippen LogP contribution is -2.20. The Balaban J connectivity index is 1.56. The summed E-state index contributed by atoms with van der Waals surface area (Å²) in [6, 6.07) is 19.4. The van der Waals surface area contributed by atoms with Crippen LogP contribution < -0.4 is 0 Å².